The maximum absolute atomic E-state index is 3.06. The van der Waals surface area contributed by atoms with E-state index in [2.05, 4.69) is 167 Å². The molecule has 0 aliphatic rings. The van der Waals surface area contributed by atoms with Gasteiger partial charge in [-0.15, -0.1) is 68.6 Å². The van der Waals surface area contributed by atoms with E-state index >= 15 is 0 Å². The van der Waals surface area contributed by atoms with Crippen LogP contribution in [0, 0.1) is 35.6 Å². The first-order chi connectivity index (χ1) is 20.1. The molecule has 0 aliphatic carbocycles. The molecule has 0 heterocycles. The van der Waals surface area contributed by atoms with Crippen LogP contribution in [-0.4, -0.2) is 6.88 Å². The van der Waals surface area contributed by atoms with Crippen LogP contribution in [0.1, 0.15) is 16.7 Å². The van der Waals surface area contributed by atoms with Gasteiger partial charge < -0.3 is 14.9 Å². The topological polar surface area (TPSA) is 0 Å². The van der Waals surface area contributed by atoms with Crippen LogP contribution in [0.25, 0.3) is 54.9 Å². The molecule has 0 fully saturated rings. The number of aryl methyl sites for hydroxylation is 3. The van der Waals surface area contributed by atoms with Gasteiger partial charge in [0.2, 0.25) is 0 Å². The van der Waals surface area contributed by atoms with Crippen molar-refractivity contribution in [3.05, 3.63) is 171 Å². The van der Waals surface area contributed by atoms with Crippen LogP contribution in [-0.2, 0) is 23.3 Å². The van der Waals surface area contributed by atoms with Crippen LogP contribution >= 0.6 is 0 Å². The minimum absolute atomic E-state index is 0. The molecule has 0 aliphatic heterocycles. The summed E-state index contributed by atoms with van der Waals surface area (Å²) in [7, 11) is 0. The first kappa shape index (κ1) is 33.9. The Balaban J connectivity index is 0.000000219. The molecular formula is C41H38SiZr-4. The van der Waals surface area contributed by atoms with Gasteiger partial charge in [0, 0.05) is 0 Å². The Labute approximate surface area is 275 Å². The predicted molar refractivity (Wildman–Crippen MR) is 188 cm³/mol. The van der Waals surface area contributed by atoms with Crippen molar-refractivity contribution in [2.75, 3.05) is 0 Å². The van der Waals surface area contributed by atoms with Crippen LogP contribution in [0.5, 0.6) is 0 Å². The van der Waals surface area contributed by atoms with E-state index < -0.39 is 0 Å². The van der Waals surface area contributed by atoms with Crippen molar-refractivity contribution in [2.24, 2.45) is 0 Å². The molecule has 0 atom stereocenters. The van der Waals surface area contributed by atoms with E-state index in [9.17, 15) is 0 Å². The molecule has 0 N–H and O–H groups in total. The average Bonchev–Trinajstić information content (AvgIpc) is 3.64. The van der Waals surface area contributed by atoms with Crippen molar-refractivity contribution >= 4 is 28.4 Å². The maximum atomic E-state index is 3.06. The van der Waals surface area contributed by atoms with Crippen LogP contribution in [0.4, 0.5) is 0 Å². The number of hydrogen-bond donors (Lipinski definition) is 0. The molecule has 0 saturated heterocycles. The van der Waals surface area contributed by atoms with E-state index in [0.29, 0.717) is 0 Å². The molecule has 0 aromatic heterocycles. The van der Waals surface area contributed by atoms with E-state index in [1.165, 1.54) is 95.0 Å². The molecule has 7 aromatic rings. The van der Waals surface area contributed by atoms with Gasteiger partial charge in [0.25, 0.3) is 0 Å². The summed E-state index contributed by atoms with van der Waals surface area (Å²) >= 11 is 1.36. The zero-order valence-corrected chi connectivity index (χ0v) is 29.2. The fraction of sp³-hybridized carbons (Fsp3) is 0.0732. The summed E-state index contributed by atoms with van der Waals surface area (Å²) in [5.74, 6) is 0. The zero-order valence-electron chi connectivity index (χ0n) is 25.8. The van der Waals surface area contributed by atoms with E-state index in [-0.39, 0.29) is 14.9 Å². The Morgan fingerprint density at radius 1 is 0.512 bits per heavy atom. The molecule has 43 heavy (non-hydrogen) atoms. The van der Waals surface area contributed by atoms with E-state index in [1.807, 2.05) is 0 Å². The van der Waals surface area contributed by atoms with Crippen molar-refractivity contribution in [3.63, 3.8) is 0 Å². The molecule has 2 radical (unpaired) electrons. The molecule has 7 rings (SSSR count). The molecule has 0 nitrogen and oxygen atoms in total. The molecule has 0 spiro atoms. The molecule has 0 unspecified atom stereocenters. The molecule has 0 saturated carbocycles. The fourth-order valence-electron chi connectivity index (χ4n) is 5.48. The van der Waals surface area contributed by atoms with Gasteiger partial charge in [-0.3, -0.25) is 0 Å². The summed E-state index contributed by atoms with van der Waals surface area (Å²) in [4.78, 5) is 0. The summed E-state index contributed by atoms with van der Waals surface area (Å²) in [5, 5.41) is 5.37. The van der Waals surface area contributed by atoms with E-state index in [4.69, 9.17) is 0 Å². The normalized spacial score (nSPS) is 10.0. The Morgan fingerprint density at radius 2 is 1.09 bits per heavy atom. The summed E-state index contributed by atoms with van der Waals surface area (Å²) in [6.45, 7) is 9.52. The van der Waals surface area contributed by atoms with Gasteiger partial charge >= 0.3 is 30.2 Å². The van der Waals surface area contributed by atoms with Crippen LogP contribution in [0.2, 0.25) is 0 Å². The summed E-state index contributed by atoms with van der Waals surface area (Å²) in [6, 6.07) is 50.1. The second kappa shape index (κ2) is 15.8. The van der Waals surface area contributed by atoms with Gasteiger partial charge in [0.05, 0.1) is 0 Å². The minimum atomic E-state index is 0. The number of hydrogen-bond acceptors (Lipinski definition) is 0. The van der Waals surface area contributed by atoms with Crippen LogP contribution in [0.15, 0.2) is 140 Å². The third-order valence-electron chi connectivity index (χ3n) is 7.55. The Morgan fingerprint density at radius 3 is 1.70 bits per heavy atom. The van der Waals surface area contributed by atoms with Crippen LogP contribution < -0.4 is 0 Å². The SMILES string of the molecule is Cc1cc2c(-c3ccccc3)ccc(C)c2[cH-]1.Cc1ccc(-c2cc3c(-c4ccccc4)cccc3[cH-]2)cc1.[CH3-].[CH3-].[Si]=[Zr]. The van der Waals surface area contributed by atoms with Gasteiger partial charge in [-0.05, 0) is 18.1 Å². The Bertz CT molecular complexity index is 1870. The van der Waals surface area contributed by atoms with E-state index in [1.54, 1.807) is 0 Å². The molecule has 2 heteroatoms. The molecule has 214 valence electrons. The summed E-state index contributed by atoms with van der Waals surface area (Å²) in [6.07, 6.45) is 0. The first-order valence-corrected chi connectivity index (χ1v) is 18.0. The first-order valence-electron chi connectivity index (χ1n) is 13.9. The molecule has 0 amide bonds. The van der Waals surface area contributed by atoms with Gasteiger partial charge in [0.1, 0.15) is 0 Å². The standard InChI is InChI=1S/C22H17.C17H15.2CH3.Si.Zr/c1-16-10-12-17(13-11-16)20-14-19-8-5-9-21(22(19)15-20)18-6-3-2-4-7-18;1-12-10-16-13(2)8-9-15(17(16)11-12)14-6-4-3-5-7-14;;;;/h2-15H,1H3;3-11H,1-2H3;2*1H3;;/q4*-1;;. The van der Waals surface area contributed by atoms with Gasteiger partial charge in [-0.25, -0.2) is 0 Å². The van der Waals surface area contributed by atoms with Crippen molar-refractivity contribution in [1.29, 1.82) is 0 Å². The predicted octanol–water partition coefficient (Wildman–Crippen LogP) is 11.6. The van der Waals surface area contributed by atoms with Crippen molar-refractivity contribution < 1.29 is 23.3 Å². The number of rotatable bonds is 3. The quantitative estimate of drug-likeness (QED) is 0.132. The second-order valence-electron chi connectivity index (χ2n) is 10.4. The molecule has 7 aromatic carbocycles. The number of benzene rings is 5. The summed E-state index contributed by atoms with van der Waals surface area (Å²) < 4.78 is 0. The van der Waals surface area contributed by atoms with Crippen molar-refractivity contribution in [2.45, 2.75) is 20.8 Å². The van der Waals surface area contributed by atoms with E-state index in [0.717, 1.165) is 0 Å². The number of fused-ring (bicyclic) bond motifs is 2. The van der Waals surface area contributed by atoms with Crippen LogP contribution in [0.3, 0.4) is 0 Å². The molecular weight excluding hydrogens is 612 g/mol. The van der Waals surface area contributed by atoms with Gasteiger partial charge in [-0.1, -0.05) is 139 Å². The third-order valence-corrected chi connectivity index (χ3v) is 7.55. The second-order valence-corrected chi connectivity index (χ2v) is 10.4. The fourth-order valence-corrected chi connectivity index (χ4v) is 5.48. The zero-order chi connectivity index (χ0) is 28.8. The average molecular weight is 650 g/mol. The monoisotopic (exact) mass is 648 g/mol. The molecule has 0 bridgehead atoms. The van der Waals surface area contributed by atoms with Gasteiger partial charge in [-0.2, -0.15) is 6.07 Å². The Hall–Kier alpha value is -3.58. The van der Waals surface area contributed by atoms with Crippen molar-refractivity contribution in [1.82, 2.24) is 0 Å². The third kappa shape index (κ3) is 7.69. The van der Waals surface area contributed by atoms with Gasteiger partial charge in [0.15, 0.2) is 0 Å². The Kier molecular flexibility index (Phi) is 12.4. The summed E-state index contributed by atoms with van der Waals surface area (Å²) in [5.41, 5.74) is 11.8. The van der Waals surface area contributed by atoms with Crippen molar-refractivity contribution in [3.8, 4) is 33.4 Å².